The molecule has 0 aliphatic carbocycles. The molecule has 2 N–H and O–H groups in total. The fourth-order valence-corrected chi connectivity index (χ4v) is 2.54. The van der Waals surface area contributed by atoms with Gasteiger partial charge in [0.25, 0.3) is 11.6 Å². The predicted molar refractivity (Wildman–Crippen MR) is 104 cm³/mol. The molecule has 0 spiro atoms. The van der Waals surface area contributed by atoms with E-state index in [0.29, 0.717) is 30.0 Å². The standard InChI is InChI=1S/C19H22N4O4/c1-3-22(4-2)19(25)14-7-5-9-16(11-14)21-18(24)13-20-15-8-6-10-17(12-15)23(26)27/h5-12,20H,3-4,13H2,1-2H3,(H,21,24). The molecule has 0 aromatic heterocycles. The maximum atomic E-state index is 12.4. The van der Waals surface area contributed by atoms with Gasteiger partial charge in [-0.15, -0.1) is 0 Å². The molecule has 2 aromatic carbocycles. The predicted octanol–water partition coefficient (Wildman–Crippen LogP) is 3.13. The molecule has 0 saturated heterocycles. The summed E-state index contributed by atoms with van der Waals surface area (Å²) >= 11 is 0. The molecule has 0 atom stereocenters. The normalized spacial score (nSPS) is 10.1. The molecule has 0 unspecified atom stereocenters. The van der Waals surface area contributed by atoms with Gasteiger partial charge in [-0.25, -0.2) is 0 Å². The zero-order valence-electron chi connectivity index (χ0n) is 15.3. The van der Waals surface area contributed by atoms with Gasteiger partial charge in [0.05, 0.1) is 11.5 Å². The number of hydrogen-bond acceptors (Lipinski definition) is 5. The molecule has 0 aliphatic heterocycles. The average molecular weight is 370 g/mol. The number of nitro benzene ring substituents is 1. The zero-order valence-corrected chi connectivity index (χ0v) is 15.3. The highest BCUT2D eigenvalue weighted by Crippen LogP contribution is 2.17. The third-order valence-corrected chi connectivity index (χ3v) is 3.95. The van der Waals surface area contributed by atoms with Crippen molar-refractivity contribution in [2.45, 2.75) is 13.8 Å². The fourth-order valence-electron chi connectivity index (χ4n) is 2.54. The van der Waals surface area contributed by atoms with Crippen molar-refractivity contribution >= 4 is 28.9 Å². The summed E-state index contributed by atoms with van der Waals surface area (Å²) in [6, 6.07) is 12.7. The van der Waals surface area contributed by atoms with E-state index in [9.17, 15) is 19.7 Å². The van der Waals surface area contributed by atoms with Crippen molar-refractivity contribution < 1.29 is 14.5 Å². The second-order valence-electron chi connectivity index (χ2n) is 5.77. The van der Waals surface area contributed by atoms with E-state index in [1.54, 1.807) is 41.3 Å². The minimum absolute atomic E-state index is 0.0528. The number of non-ortho nitro benzene ring substituents is 1. The Morgan fingerprint density at radius 3 is 2.37 bits per heavy atom. The van der Waals surface area contributed by atoms with Gasteiger partial charge in [-0.05, 0) is 38.1 Å². The minimum atomic E-state index is -0.496. The first-order valence-electron chi connectivity index (χ1n) is 8.62. The molecule has 2 aromatic rings. The molecule has 27 heavy (non-hydrogen) atoms. The molecular formula is C19H22N4O4. The summed E-state index contributed by atoms with van der Waals surface area (Å²) in [5.74, 6) is -0.417. The van der Waals surface area contributed by atoms with Crippen molar-refractivity contribution in [3.8, 4) is 0 Å². The summed E-state index contributed by atoms with van der Waals surface area (Å²) in [5, 5.41) is 16.3. The van der Waals surface area contributed by atoms with Crippen LogP contribution in [0, 0.1) is 10.1 Å². The summed E-state index contributed by atoms with van der Waals surface area (Å²) < 4.78 is 0. The lowest BCUT2D eigenvalue weighted by Gasteiger charge is -2.19. The molecule has 0 radical (unpaired) electrons. The first-order chi connectivity index (χ1) is 12.9. The number of carbonyl (C=O) groups excluding carboxylic acids is 2. The van der Waals surface area contributed by atoms with E-state index < -0.39 is 4.92 Å². The smallest absolute Gasteiger partial charge is 0.271 e. The number of carbonyl (C=O) groups is 2. The highest BCUT2D eigenvalue weighted by atomic mass is 16.6. The van der Waals surface area contributed by atoms with Crippen molar-refractivity contribution in [1.29, 1.82) is 0 Å². The molecule has 0 fully saturated rings. The Hall–Kier alpha value is -3.42. The van der Waals surface area contributed by atoms with Gasteiger partial charge in [-0.1, -0.05) is 12.1 Å². The Kier molecular flexibility index (Phi) is 6.87. The number of nitro groups is 1. The highest BCUT2D eigenvalue weighted by molar-refractivity contribution is 5.98. The second kappa shape index (κ2) is 9.33. The lowest BCUT2D eigenvalue weighted by atomic mass is 10.1. The van der Waals surface area contributed by atoms with Gasteiger partial charge in [0, 0.05) is 42.2 Å². The number of benzene rings is 2. The first-order valence-corrected chi connectivity index (χ1v) is 8.62. The molecule has 0 bridgehead atoms. The summed E-state index contributed by atoms with van der Waals surface area (Å²) in [4.78, 5) is 36.5. The van der Waals surface area contributed by atoms with E-state index in [4.69, 9.17) is 0 Å². The van der Waals surface area contributed by atoms with Crippen LogP contribution in [0.4, 0.5) is 17.1 Å². The third-order valence-electron chi connectivity index (χ3n) is 3.95. The van der Waals surface area contributed by atoms with Crippen LogP contribution in [0.1, 0.15) is 24.2 Å². The van der Waals surface area contributed by atoms with E-state index in [-0.39, 0.29) is 24.0 Å². The van der Waals surface area contributed by atoms with Crippen LogP contribution < -0.4 is 10.6 Å². The van der Waals surface area contributed by atoms with Crippen LogP contribution in [0.2, 0.25) is 0 Å². The van der Waals surface area contributed by atoms with Crippen LogP contribution in [0.15, 0.2) is 48.5 Å². The van der Waals surface area contributed by atoms with E-state index in [2.05, 4.69) is 10.6 Å². The van der Waals surface area contributed by atoms with Gasteiger partial charge < -0.3 is 15.5 Å². The van der Waals surface area contributed by atoms with Crippen LogP contribution in [-0.2, 0) is 4.79 Å². The summed E-state index contributed by atoms with van der Waals surface area (Å²) in [6.45, 7) is 4.98. The third kappa shape index (κ3) is 5.53. The van der Waals surface area contributed by atoms with Crippen molar-refractivity contribution in [2.24, 2.45) is 0 Å². The maximum absolute atomic E-state index is 12.4. The largest absolute Gasteiger partial charge is 0.376 e. The molecule has 0 saturated carbocycles. The topological polar surface area (TPSA) is 105 Å². The maximum Gasteiger partial charge on any atom is 0.271 e. The molecular weight excluding hydrogens is 348 g/mol. The summed E-state index contributed by atoms with van der Waals surface area (Å²) in [7, 11) is 0. The molecule has 0 aliphatic rings. The molecule has 142 valence electrons. The summed E-state index contributed by atoms with van der Waals surface area (Å²) in [5.41, 5.74) is 1.44. The highest BCUT2D eigenvalue weighted by Gasteiger charge is 2.13. The van der Waals surface area contributed by atoms with E-state index >= 15 is 0 Å². The Morgan fingerprint density at radius 1 is 1.04 bits per heavy atom. The fraction of sp³-hybridized carbons (Fsp3) is 0.263. The molecule has 2 rings (SSSR count). The summed E-state index contributed by atoms with van der Waals surface area (Å²) in [6.07, 6.45) is 0. The molecule has 2 amide bonds. The number of hydrogen-bond donors (Lipinski definition) is 2. The van der Waals surface area contributed by atoms with Gasteiger partial charge in [-0.2, -0.15) is 0 Å². The van der Waals surface area contributed by atoms with Gasteiger partial charge >= 0.3 is 0 Å². The van der Waals surface area contributed by atoms with E-state index in [1.165, 1.54) is 12.1 Å². The van der Waals surface area contributed by atoms with Gasteiger partial charge in [-0.3, -0.25) is 19.7 Å². The number of nitrogens with one attached hydrogen (secondary N) is 2. The molecule has 0 heterocycles. The first kappa shape index (κ1) is 19.9. The van der Waals surface area contributed by atoms with Gasteiger partial charge in [0.2, 0.25) is 5.91 Å². The van der Waals surface area contributed by atoms with Crippen LogP contribution in [-0.4, -0.2) is 41.3 Å². The zero-order chi connectivity index (χ0) is 19.8. The van der Waals surface area contributed by atoms with E-state index in [1.807, 2.05) is 13.8 Å². The van der Waals surface area contributed by atoms with Gasteiger partial charge in [0.1, 0.15) is 0 Å². The van der Waals surface area contributed by atoms with Crippen molar-refractivity contribution in [1.82, 2.24) is 4.90 Å². The Morgan fingerprint density at radius 2 is 1.70 bits per heavy atom. The lowest BCUT2D eigenvalue weighted by molar-refractivity contribution is -0.384. The number of rotatable bonds is 8. The lowest BCUT2D eigenvalue weighted by Crippen LogP contribution is -2.30. The van der Waals surface area contributed by atoms with E-state index in [0.717, 1.165) is 0 Å². The van der Waals surface area contributed by atoms with Crippen LogP contribution in [0.3, 0.4) is 0 Å². The van der Waals surface area contributed by atoms with Crippen LogP contribution in [0.25, 0.3) is 0 Å². The average Bonchev–Trinajstić information content (AvgIpc) is 2.67. The Labute approximate surface area is 157 Å². The van der Waals surface area contributed by atoms with Crippen molar-refractivity contribution in [2.75, 3.05) is 30.3 Å². The molecule has 8 nitrogen and oxygen atoms in total. The van der Waals surface area contributed by atoms with Crippen molar-refractivity contribution in [3.63, 3.8) is 0 Å². The van der Waals surface area contributed by atoms with Crippen LogP contribution in [0.5, 0.6) is 0 Å². The second-order valence-corrected chi connectivity index (χ2v) is 5.77. The van der Waals surface area contributed by atoms with Gasteiger partial charge in [0.15, 0.2) is 0 Å². The SMILES string of the molecule is CCN(CC)C(=O)c1cccc(NC(=O)CNc2cccc([N+](=O)[O-])c2)c1. The number of nitrogens with zero attached hydrogens (tertiary/aromatic N) is 2. The number of amides is 2. The van der Waals surface area contributed by atoms with Crippen molar-refractivity contribution in [3.05, 3.63) is 64.2 Å². The minimum Gasteiger partial charge on any atom is -0.376 e. The molecule has 8 heteroatoms. The Bertz CT molecular complexity index is 834. The monoisotopic (exact) mass is 370 g/mol. The quantitative estimate of drug-likeness (QED) is 0.549. The van der Waals surface area contributed by atoms with Crippen LogP contribution >= 0.6 is 0 Å². The Balaban J connectivity index is 1.98. The number of anilines is 2.